The third kappa shape index (κ3) is 4.03. The molecule has 1 rings (SSSR count). The van der Waals surface area contributed by atoms with Gasteiger partial charge in [-0.2, -0.15) is 0 Å². The summed E-state index contributed by atoms with van der Waals surface area (Å²) in [7, 11) is 0. The number of thiazole rings is 1. The molecule has 1 heterocycles. The van der Waals surface area contributed by atoms with Crippen molar-refractivity contribution in [1.82, 2.24) is 10.3 Å². The lowest BCUT2D eigenvalue weighted by Crippen LogP contribution is -2.46. The summed E-state index contributed by atoms with van der Waals surface area (Å²) in [5.41, 5.74) is 0.809. The molecule has 1 aromatic heterocycles. The minimum atomic E-state index is -1.05. The molecular weight excluding hydrogens is 242 g/mol. The first kappa shape index (κ1) is 13.4. The molecule has 0 saturated carbocycles. The number of hydrogen-bond donors (Lipinski definition) is 3. The summed E-state index contributed by atoms with van der Waals surface area (Å²) >= 11 is 1.29. The lowest BCUT2D eigenvalue weighted by atomic mass is 10.1. The van der Waals surface area contributed by atoms with Gasteiger partial charge < -0.3 is 10.4 Å². The van der Waals surface area contributed by atoms with Crippen LogP contribution in [-0.2, 0) is 4.79 Å². The van der Waals surface area contributed by atoms with E-state index in [4.69, 9.17) is 5.11 Å². The number of anilines is 1. The molecule has 1 atom stereocenters. The van der Waals surface area contributed by atoms with Gasteiger partial charge in [0.2, 0.25) is 0 Å². The van der Waals surface area contributed by atoms with E-state index in [1.807, 2.05) is 6.92 Å². The summed E-state index contributed by atoms with van der Waals surface area (Å²) in [6, 6.07) is -1.46. The van der Waals surface area contributed by atoms with Crippen LogP contribution in [0.3, 0.4) is 0 Å². The molecule has 6 nitrogen and oxygen atoms in total. The van der Waals surface area contributed by atoms with Gasteiger partial charge in [-0.1, -0.05) is 13.8 Å². The van der Waals surface area contributed by atoms with Crippen LogP contribution in [0.15, 0.2) is 5.38 Å². The van der Waals surface area contributed by atoms with Crippen LogP contribution < -0.4 is 10.6 Å². The zero-order valence-corrected chi connectivity index (χ0v) is 10.7. The smallest absolute Gasteiger partial charge is 0.326 e. The fourth-order valence-electron chi connectivity index (χ4n) is 1.20. The fraction of sp³-hybridized carbons (Fsp3) is 0.500. The third-order valence-corrected chi connectivity index (χ3v) is 2.93. The maximum absolute atomic E-state index is 11.5. The van der Waals surface area contributed by atoms with Crippen LogP contribution in [0, 0.1) is 12.8 Å². The predicted molar refractivity (Wildman–Crippen MR) is 65.3 cm³/mol. The number of amides is 2. The molecule has 2 amide bonds. The Bertz CT molecular complexity index is 417. The van der Waals surface area contributed by atoms with E-state index in [-0.39, 0.29) is 5.92 Å². The first-order chi connectivity index (χ1) is 7.90. The molecule has 1 unspecified atom stereocenters. The number of carbonyl (C=O) groups excluding carboxylic acids is 1. The number of aliphatic carboxylic acids is 1. The van der Waals surface area contributed by atoms with Crippen molar-refractivity contribution in [3.8, 4) is 0 Å². The average Bonchev–Trinajstić information content (AvgIpc) is 2.59. The second kappa shape index (κ2) is 5.62. The van der Waals surface area contributed by atoms with E-state index in [2.05, 4.69) is 15.6 Å². The number of carboxylic acid groups (broad SMARTS) is 1. The zero-order chi connectivity index (χ0) is 13.0. The van der Waals surface area contributed by atoms with Gasteiger partial charge in [-0.15, -0.1) is 11.3 Å². The normalized spacial score (nSPS) is 12.2. The molecule has 1 aromatic rings. The standard InChI is InChI=1S/C10H15N3O3S/c1-5(2)7(8(14)15)12-9(16)13-10-11-6(3)4-17-10/h4-5,7H,1-3H3,(H,14,15)(H2,11,12,13,16). The van der Waals surface area contributed by atoms with Gasteiger partial charge in [-0.25, -0.2) is 14.6 Å². The largest absolute Gasteiger partial charge is 0.480 e. The molecule has 94 valence electrons. The highest BCUT2D eigenvalue weighted by atomic mass is 32.1. The van der Waals surface area contributed by atoms with Crippen molar-refractivity contribution < 1.29 is 14.7 Å². The molecule has 0 aliphatic carbocycles. The molecule has 7 heteroatoms. The van der Waals surface area contributed by atoms with Crippen molar-refractivity contribution in [3.05, 3.63) is 11.1 Å². The van der Waals surface area contributed by atoms with Gasteiger partial charge in [0.25, 0.3) is 0 Å². The van der Waals surface area contributed by atoms with Crippen molar-refractivity contribution in [2.45, 2.75) is 26.8 Å². The van der Waals surface area contributed by atoms with E-state index in [0.29, 0.717) is 5.13 Å². The number of carbonyl (C=O) groups is 2. The fourth-order valence-corrected chi connectivity index (χ4v) is 1.88. The van der Waals surface area contributed by atoms with Gasteiger partial charge in [0, 0.05) is 5.38 Å². The van der Waals surface area contributed by atoms with Crippen LogP contribution in [0.5, 0.6) is 0 Å². The molecule has 0 aromatic carbocycles. The number of aromatic nitrogens is 1. The molecule has 0 aliphatic rings. The second-order valence-corrected chi connectivity index (χ2v) is 4.81. The zero-order valence-electron chi connectivity index (χ0n) is 9.85. The summed E-state index contributed by atoms with van der Waals surface area (Å²) in [4.78, 5) is 26.4. The Morgan fingerprint density at radius 1 is 1.47 bits per heavy atom. The summed E-state index contributed by atoms with van der Waals surface area (Å²) in [6.45, 7) is 5.27. The molecule has 17 heavy (non-hydrogen) atoms. The molecule has 0 fully saturated rings. The van der Waals surface area contributed by atoms with Gasteiger partial charge in [-0.3, -0.25) is 5.32 Å². The average molecular weight is 257 g/mol. The SMILES string of the molecule is Cc1csc(NC(=O)NC(C(=O)O)C(C)C)n1. The number of carboxylic acids is 1. The van der Waals surface area contributed by atoms with Crippen molar-refractivity contribution in [2.24, 2.45) is 5.92 Å². The number of urea groups is 1. The van der Waals surface area contributed by atoms with E-state index in [1.54, 1.807) is 19.2 Å². The number of aryl methyl sites for hydroxylation is 1. The second-order valence-electron chi connectivity index (χ2n) is 3.95. The first-order valence-corrected chi connectivity index (χ1v) is 6.00. The van der Waals surface area contributed by atoms with Crippen LogP contribution in [0.4, 0.5) is 9.93 Å². The first-order valence-electron chi connectivity index (χ1n) is 5.12. The Morgan fingerprint density at radius 2 is 2.12 bits per heavy atom. The Morgan fingerprint density at radius 3 is 2.53 bits per heavy atom. The van der Waals surface area contributed by atoms with E-state index in [1.165, 1.54) is 11.3 Å². The molecule has 0 saturated heterocycles. The van der Waals surface area contributed by atoms with Crippen LogP contribution >= 0.6 is 11.3 Å². The highest BCUT2D eigenvalue weighted by molar-refractivity contribution is 7.13. The summed E-state index contributed by atoms with van der Waals surface area (Å²) in [6.07, 6.45) is 0. The van der Waals surface area contributed by atoms with Crippen LogP contribution in [-0.4, -0.2) is 28.1 Å². The molecular formula is C10H15N3O3S. The topological polar surface area (TPSA) is 91.3 Å². The summed E-state index contributed by atoms with van der Waals surface area (Å²) < 4.78 is 0. The highest BCUT2D eigenvalue weighted by Gasteiger charge is 2.23. The minimum Gasteiger partial charge on any atom is -0.480 e. The monoisotopic (exact) mass is 257 g/mol. The lowest BCUT2D eigenvalue weighted by molar-refractivity contribution is -0.140. The van der Waals surface area contributed by atoms with E-state index in [0.717, 1.165) is 5.69 Å². The summed E-state index contributed by atoms with van der Waals surface area (Å²) in [5.74, 6) is -1.23. The molecule has 3 N–H and O–H groups in total. The third-order valence-electron chi connectivity index (χ3n) is 2.06. The van der Waals surface area contributed by atoms with Crippen LogP contribution in [0.1, 0.15) is 19.5 Å². The van der Waals surface area contributed by atoms with Crippen molar-refractivity contribution in [1.29, 1.82) is 0 Å². The van der Waals surface area contributed by atoms with Crippen LogP contribution in [0.2, 0.25) is 0 Å². The van der Waals surface area contributed by atoms with Gasteiger partial charge in [0.15, 0.2) is 5.13 Å². The van der Waals surface area contributed by atoms with Crippen molar-refractivity contribution in [2.75, 3.05) is 5.32 Å². The van der Waals surface area contributed by atoms with E-state index < -0.39 is 18.0 Å². The lowest BCUT2D eigenvalue weighted by Gasteiger charge is -2.17. The number of hydrogen-bond acceptors (Lipinski definition) is 4. The number of nitrogens with zero attached hydrogens (tertiary/aromatic N) is 1. The van der Waals surface area contributed by atoms with Gasteiger partial charge in [0.1, 0.15) is 6.04 Å². The number of nitrogens with one attached hydrogen (secondary N) is 2. The Kier molecular flexibility index (Phi) is 4.45. The predicted octanol–water partition coefficient (Wildman–Crippen LogP) is 1.68. The minimum absolute atomic E-state index is 0.184. The van der Waals surface area contributed by atoms with Crippen molar-refractivity contribution >= 4 is 28.5 Å². The number of rotatable bonds is 4. The maximum atomic E-state index is 11.5. The van der Waals surface area contributed by atoms with Crippen LogP contribution in [0.25, 0.3) is 0 Å². The highest BCUT2D eigenvalue weighted by Crippen LogP contribution is 2.14. The van der Waals surface area contributed by atoms with Crippen molar-refractivity contribution in [3.63, 3.8) is 0 Å². The Hall–Kier alpha value is -1.63. The van der Waals surface area contributed by atoms with Gasteiger partial charge in [-0.05, 0) is 12.8 Å². The van der Waals surface area contributed by atoms with E-state index >= 15 is 0 Å². The maximum Gasteiger partial charge on any atom is 0.326 e. The van der Waals surface area contributed by atoms with Gasteiger partial charge >= 0.3 is 12.0 Å². The van der Waals surface area contributed by atoms with Gasteiger partial charge in [0.05, 0.1) is 5.69 Å². The van der Waals surface area contributed by atoms with E-state index in [9.17, 15) is 9.59 Å². The summed E-state index contributed by atoms with van der Waals surface area (Å²) in [5, 5.41) is 16.0. The molecule has 0 radical (unpaired) electrons. The molecule has 0 aliphatic heterocycles. The Balaban J connectivity index is 2.56. The quantitative estimate of drug-likeness (QED) is 0.765. The Labute approximate surface area is 103 Å². The molecule has 0 bridgehead atoms. The molecule has 0 spiro atoms.